The maximum absolute atomic E-state index is 11.7. The summed E-state index contributed by atoms with van der Waals surface area (Å²) in [5.41, 5.74) is 0.391. The molecule has 21 heavy (non-hydrogen) atoms. The number of hydrogen-bond acceptors (Lipinski definition) is 5. The first kappa shape index (κ1) is 14.6. The summed E-state index contributed by atoms with van der Waals surface area (Å²) in [7, 11) is 3.17. The quantitative estimate of drug-likeness (QED) is 0.699. The van der Waals surface area contributed by atoms with E-state index in [9.17, 15) is 9.59 Å². The molecule has 112 valence electrons. The molecule has 0 unspecified atom stereocenters. The monoisotopic (exact) mass is 292 g/mol. The third kappa shape index (κ3) is 3.62. The van der Waals surface area contributed by atoms with Gasteiger partial charge in [0.05, 0.1) is 14.2 Å². The summed E-state index contributed by atoms with van der Waals surface area (Å²) >= 11 is 0. The Hall–Kier alpha value is -2.77. The van der Waals surface area contributed by atoms with Crippen LogP contribution < -0.4 is 20.5 Å². The molecule has 0 saturated carbocycles. The van der Waals surface area contributed by atoms with Crippen molar-refractivity contribution in [2.75, 3.05) is 20.8 Å². The van der Waals surface area contributed by atoms with Crippen LogP contribution in [-0.2, 0) is 6.42 Å². The molecule has 1 amide bonds. The normalized spacial score (nSPS) is 10.2. The van der Waals surface area contributed by atoms with E-state index in [4.69, 9.17) is 9.47 Å². The predicted octanol–water partition coefficient (Wildman–Crippen LogP) is 0.0877. The maximum Gasteiger partial charge on any atom is 0.341 e. The minimum Gasteiger partial charge on any atom is -0.497 e. The molecule has 0 fully saturated rings. The molecule has 2 rings (SSSR count). The molecule has 8 nitrogen and oxygen atoms in total. The summed E-state index contributed by atoms with van der Waals surface area (Å²) in [6, 6.07) is 5.46. The summed E-state index contributed by atoms with van der Waals surface area (Å²) in [5, 5.41) is 8.35. The van der Waals surface area contributed by atoms with Gasteiger partial charge in [-0.2, -0.15) is 0 Å². The van der Waals surface area contributed by atoms with Gasteiger partial charge in [0.1, 0.15) is 11.5 Å². The van der Waals surface area contributed by atoms with Crippen LogP contribution in [-0.4, -0.2) is 41.9 Å². The van der Waals surface area contributed by atoms with Gasteiger partial charge in [-0.15, -0.1) is 5.10 Å². The molecule has 8 heteroatoms. The van der Waals surface area contributed by atoms with Crippen molar-refractivity contribution in [1.82, 2.24) is 20.5 Å². The fourth-order valence-corrected chi connectivity index (χ4v) is 1.85. The minimum atomic E-state index is -0.519. The van der Waals surface area contributed by atoms with Gasteiger partial charge in [-0.3, -0.25) is 9.78 Å². The lowest BCUT2D eigenvalue weighted by atomic mass is 10.1. The number of nitrogens with zero attached hydrogens (tertiary/aromatic N) is 1. The third-order valence-electron chi connectivity index (χ3n) is 2.88. The highest BCUT2D eigenvalue weighted by Crippen LogP contribution is 2.24. The van der Waals surface area contributed by atoms with Crippen molar-refractivity contribution in [3.05, 3.63) is 40.1 Å². The average molecular weight is 292 g/mol. The zero-order chi connectivity index (χ0) is 15.2. The number of rotatable bonds is 6. The molecule has 0 bridgehead atoms. The smallest absolute Gasteiger partial charge is 0.341 e. The van der Waals surface area contributed by atoms with Crippen LogP contribution >= 0.6 is 0 Å². The van der Waals surface area contributed by atoms with Gasteiger partial charge in [0.15, 0.2) is 0 Å². The van der Waals surface area contributed by atoms with Gasteiger partial charge in [-0.25, -0.2) is 9.89 Å². The SMILES string of the molecule is COc1ccc(OC)c(CCNC(=O)c2n[nH]c(=O)[nH]2)c1. The highest BCUT2D eigenvalue weighted by atomic mass is 16.5. The lowest BCUT2D eigenvalue weighted by molar-refractivity contribution is 0.0944. The largest absolute Gasteiger partial charge is 0.497 e. The van der Waals surface area contributed by atoms with Crippen molar-refractivity contribution < 1.29 is 14.3 Å². The van der Waals surface area contributed by atoms with E-state index in [1.807, 2.05) is 6.07 Å². The zero-order valence-corrected chi connectivity index (χ0v) is 11.7. The van der Waals surface area contributed by atoms with Crippen LogP contribution in [0.3, 0.4) is 0 Å². The molecular weight excluding hydrogens is 276 g/mol. The van der Waals surface area contributed by atoms with E-state index in [1.54, 1.807) is 26.4 Å². The van der Waals surface area contributed by atoms with E-state index >= 15 is 0 Å². The van der Waals surface area contributed by atoms with Crippen molar-refractivity contribution in [3.8, 4) is 11.5 Å². The first-order valence-electron chi connectivity index (χ1n) is 6.28. The fourth-order valence-electron chi connectivity index (χ4n) is 1.85. The standard InChI is InChI=1S/C13H16N4O4/c1-20-9-3-4-10(21-2)8(7-9)5-6-14-12(18)11-15-13(19)17-16-11/h3-4,7H,5-6H2,1-2H3,(H,14,18)(H2,15,16,17,19). The number of amides is 1. The molecule has 0 aliphatic rings. The third-order valence-corrected chi connectivity index (χ3v) is 2.88. The second-order valence-corrected chi connectivity index (χ2v) is 4.21. The molecule has 0 radical (unpaired) electrons. The van der Waals surface area contributed by atoms with Crippen LogP contribution in [0.5, 0.6) is 11.5 Å². The van der Waals surface area contributed by atoms with E-state index in [2.05, 4.69) is 20.5 Å². The molecule has 1 aromatic heterocycles. The van der Waals surface area contributed by atoms with E-state index in [-0.39, 0.29) is 5.82 Å². The Bertz CT molecular complexity index is 677. The van der Waals surface area contributed by atoms with Crippen LogP contribution in [0.4, 0.5) is 0 Å². The zero-order valence-electron chi connectivity index (χ0n) is 11.7. The fraction of sp³-hybridized carbons (Fsp3) is 0.308. The van der Waals surface area contributed by atoms with Crippen molar-refractivity contribution >= 4 is 5.91 Å². The van der Waals surface area contributed by atoms with Crippen LogP contribution in [0.25, 0.3) is 0 Å². The lowest BCUT2D eigenvalue weighted by Gasteiger charge is -2.10. The van der Waals surface area contributed by atoms with Crippen LogP contribution in [0.1, 0.15) is 16.2 Å². The Labute approximate surface area is 120 Å². The van der Waals surface area contributed by atoms with Crippen molar-refractivity contribution in [2.45, 2.75) is 6.42 Å². The summed E-state index contributed by atoms with van der Waals surface area (Å²) in [4.78, 5) is 24.9. The number of aromatic nitrogens is 3. The first-order valence-corrected chi connectivity index (χ1v) is 6.28. The Balaban J connectivity index is 1.96. The number of aromatic amines is 2. The summed E-state index contributed by atoms with van der Waals surface area (Å²) < 4.78 is 10.4. The summed E-state index contributed by atoms with van der Waals surface area (Å²) in [6.07, 6.45) is 0.556. The Kier molecular flexibility index (Phi) is 4.60. The first-order chi connectivity index (χ1) is 10.1. The molecular formula is C13H16N4O4. The second-order valence-electron chi connectivity index (χ2n) is 4.21. The van der Waals surface area contributed by atoms with Gasteiger partial charge in [0.25, 0.3) is 5.91 Å². The van der Waals surface area contributed by atoms with E-state index in [1.165, 1.54) is 0 Å². The predicted molar refractivity (Wildman–Crippen MR) is 74.8 cm³/mol. The lowest BCUT2D eigenvalue weighted by Crippen LogP contribution is -2.27. The molecule has 0 spiro atoms. The topological polar surface area (TPSA) is 109 Å². The molecule has 2 aromatic rings. The van der Waals surface area contributed by atoms with Crippen LogP contribution in [0.15, 0.2) is 23.0 Å². The average Bonchev–Trinajstić information content (AvgIpc) is 2.93. The van der Waals surface area contributed by atoms with Crippen LogP contribution in [0, 0.1) is 0 Å². The van der Waals surface area contributed by atoms with Crippen molar-refractivity contribution in [1.29, 1.82) is 0 Å². The molecule has 0 saturated heterocycles. The van der Waals surface area contributed by atoms with Gasteiger partial charge < -0.3 is 14.8 Å². The summed E-state index contributed by atoms with van der Waals surface area (Å²) in [6.45, 7) is 0.372. The number of carbonyl (C=O) groups excluding carboxylic acids is 1. The van der Waals surface area contributed by atoms with E-state index in [0.717, 1.165) is 11.3 Å². The minimum absolute atomic E-state index is 0.0439. The second kappa shape index (κ2) is 6.60. The number of H-pyrrole nitrogens is 2. The molecule has 1 aromatic carbocycles. The van der Waals surface area contributed by atoms with Gasteiger partial charge in [-0.05, 0) is 30.2 Å². The number of nitrogens with one attached hydrogen (secondary N) is 3. The maximum atomic E-state index is 11.7. The Morgan fingerprint density at radius 1 is 1.33 bits per heavy atom. The number of carbonyl (C=O) groups is 1. The molecule has 0 aliphatic heterocycles. The van der Waals surface area contributed by atoms with E-state index in [0.29, 0.717) is 18.7 Å². The number of methoxy groups -OCH3 is 2. The number of ether oxygens (including phenoxy) is 2. The Morgan fingerprint density at radius 3 is 2.76 bits per heavy atom. The van der Waals surface area contributed by atoms with Gasteiger partial charge in [-0.1, -0.05) is 0 Å². The van der Waals surface area contributed by atoms with Gasteiger partial charge in [0.2, 0.25) is 5.82 Å². The molecule has 0 atom stereocenters. The number of benzene rings is 1. The van der Waals surface area contributed by atoms with Crippen molar-refractivity contribution in [2.24, 2.45) is 0 Å². The van der Waals surface area contributed by atoms with Crippen LogP contribution in [0.2, 0.25) is 0 Å². The number of hydrogen-bond donors (Lipinski definition) is 3. The Morgan fingerprint density at radius 2 is 2.14 bits per heavy atom. The highest BCUT2D eigenvalue weighted by molar-refractivity contribution is 5.90. The highest BCUT2D eigenvalue weighted by Gasteiger charge is 2.10. The van der Waals surface area contributed by atoms with Gasteiger partial charge >= 0.3 is 5.69 Å². The summed E-state index contributed by atoms with van der Waals surface area (Å²) in [5.74, 6) is 0.944. The van der Waals surface area contributed by atoms with Crippen molar-refractivity contribution in [3.63, 3.8) is 0 Å². The molecule has 3 N–H and O–H groups in total. The molecule has 0 aliphatic carbocycles. The molecule has 1 heterocycles. The van der Waals surface area contributed by atoms with E-state index < -0.39 is 11.6 Å². The van der Waals surface area contributed by atoms with Gasteiger partial charge in [0, 0.05) is 6.54 Å².